The number of nitrogens with zero attached hydrogens (tertiary/aromatic N) is 3. The Morgan fingerprint density at radius 3 is 2.67 bits per heavy atom. The second kappa shape index (κ2) is 5.78. The van der Waals surface area contributed by atoms with E-state index in [0.717, 1.165) is 27.5 Å². The Kier molecular flexibility index (Phi) is 3.38. The van der Waals surface area contributed by atoms with Crippen molar-refractivity contribution in [2.75, 3.05) is 0 Å². The van der Waals surface area contributed by atoms with Gasteiger partial charge in [0.2, 0.25) is 0 Å². The summed E-state index contributed by atoms with van der Waals surface area (Å²) in [6, 6.07) is 14.3. The molecule has 6 nitrogen and oxygen atoms in total. The molecule has 0 amide bonds. The molecule has 5 aromatic rings. The minimum atomic E-state index is -3.49. The van der Waals surface area contributed by atoms with Crippen LogP contribution in [-0.4, -0.2) is 27.3 Å². The number of aromatic amines is 1. The molecule has 0 bridgehead atoms. The maximum absolute atomic E-state index is 13.3. The van der Waals surface area contributed by atoms with Crippen LogP contribution in [0, 0.1) is 0 Å². The number of H-pyrrole nitrogens is 1. The van der Waals surface area contributed by atoms with Crippen LogP contribution in [0.15, 0.2) is 84.4 Å². The van der Waals surface area contributed by atoms with Gasteiger partial charge in [-0.05, 0) is 30.3 Å². The zero-order valence-corrected chi connectivity index (χ0v) is 14.9. The molecule has 7 heteroatoms. The van der Waals surface area contributed by atoms with Crippen LogP contribution < -0.4 is 0 Å². The summed E-state index contributed by atoms with van der Waals surface area (Å²) in [5.41, 5.74) is 3.15. The highest BCUT2D eigenvalue weighted by Gasteiger charge is 2.27. The van der Waals surface area contributed by atoms with Gasteiger partial charge in [-0.25, -0.2) is 9.19 Å². The summed E-state index contributed by atoms with van der Waals surface area (Å²) in [4.78, 5) is 12.0. The van der Waals surface area contributed by atoms with Gasteiger partial charge in [-0.1, -0.05) is 18.2 Å². The molecule has 0 aliphatic carbocycles. The maximum Gasteiger partial charge on any atom is 0.402 e. The Bertz CT molecular complexity index is 1390. The quantitative estimate of drug-likeness (QED) is 0.484. The van der Waals surface area contributed by atoms with Crippen molar-refractivity contribution in [1.29, 1.82) is 0 Å². The molecule has 0 aliphatic heterocycles. The van der Waals surface area contributed by atoms with Crippen molar-refractivity contribution in [3.05, 3.63) is 79.5 Å². The second-order valence-electron chi connectivity index (χ2n) is 6.17. The van der Waals surface area contributed by atoms with E-state index in [0.29, 0.717) is 10.4 Å². The Labute approximate surface area is 155 Å². The van der Waals surface area contributed by atoms with Crippen LogP contribution in [0.25, 0.3) is 33.1 Å². The number of hydrogen-bond acceptors (Lipinski definition) is 3. The Hall–Kier alpha value is -3.45. The molecule has 132 valence electrons. The Morgan fingerprint density at radius 2 is 1.81 bits per heavy atom. The van der Waals surface area contributed by atoms with Gasteiger partial charge in [-0.2, -0.15) is 8.18 Å². The molecule has 0 spiro atoms. The largest absolute Gasteiger partial charge is 0.402 e. The zero-order chi connectivity index (χ0) is 18.4. The summed E-state index contributed by atoms with van der Waals surface area (Å²) in [5.74, 6) is 0. The van der Waals surface area contributed by atoms with Crippen LogP contribution in [0.2, 0.25) is 0 Å². The monoisotopic (exact) mass is 375 g/mol. The van der Waals surface area contributed by atoms with Crippen molar-refractivity contribution in [3.63, 3.8) is 0 Å². The van der Waals surface area contributed by atoms with Gasteiger partial charge in [0.25, 0.3) is 0 Å². The fraction of sp³-hybridized carbons (Fsp3) is 0. The van der Waals surface area contributed by atoms with Gasteiger partial charge in [0.1, 0.15) is 10.5 Å². The van der Waals surface area contributed by atoms with Crippen molar-refractivity contribution >= 4 is 32.0 Å². The van der Waals surface area contributed by atoms with E-state index in [1.165, 1.54) is 3.97 Å². The molecule has 1 atom stereocenters. The lowest BCUT2D eigenvalue weighted by molar-refractivity contribution is 0.608. The molecule has 0 fully saturated rings. The van der Waals surface area contributed by atoms with E-state index in [2.05, 4.69) is 15.0 Å². The third kappa shape index (κ3) is 2.36. The first kappa shape index (κ1) is 15.8. The lowest BCUT2D eigenvalue weighted by Gasteiger charge is -2.01. The maximum atomic E-state index is 13.3. The summed E-state index contributed by atoms with van der Waals surface area (Å²) in [6.45, 7) is 0. The lowest BCUT2D eigenvalue weighted by Crippen LogP contribution is -2.11. The highest BCUT2D eigenvalue weighted by atomic mass is 32.2. The molecule has 4 heterocycles. The van der Waals surface area contributed by atoms with Gasteiger partial charge in [0, 0.05) is 46.7 Å². The smallest absolute Gasteiger partial charge is 0.346 e. The van der Waals surface area contributed by atoms with Crippen LogP contribution in [-0.2, 0) is 10.0 Å². The van der Waals surface area contributed by atoms with Crippen LogP contribution in [0.1, 0.15) is 0 Å². The van der Waals surface area contributed by atoms with Gasteiger partial charge < -0.3 is 4.98 Å². The lowest BCUT2D eigenvalue weighted by atomic mass is 10.1. The third-order valence-corrected chi connectivity index (χ3v) is 6.35. The van der Waals surface area contributed by atoms with Crippen LogP contribution >= 0.6 is 0 Å². The van der Waals surface area contributed by atoms with E-state index < -0.39 is 10.0 Å². The molecule has 1 aromatic carbocycles. The molecule has 0 saturated heterocycles. The molecule has 0 radical (unpaired) electrons. The predicted molar refractivity (Wildman–Crippen MR) is 105 cm³/mol. The summed E-state index contributed by atoms with van der Waals surface area (Å²) in [6.07, 6.45) is 8.62. The Morgan fingerprint density at radius 1 is 0.963 bits per heavy atom. The summed E-state index contributed by atoms with van der Waals surface area (Å²) in [7, 11) is -3.49. The molecule has 5 rings (SSSR count). The molecule has 27 heavy (non-hydrogen) atoms. The molecule has 1 unspecified atom stereocenters. The minimum absolute atomic E-state index is 0.345. The van der Waals surface area contributed by atoms with E-state index in [-0.39, 0.29) is 0 Å². The topological polar surface area (TPSA) is 85.0 Å². The van der Waals surface area contributed by atoms with Crippen LogP contribution in [0.4, 0.5) is 0 Å². The predicted octanol–water partition coefficient (Wildman–Crippen LogP) is 3.97. The van der Waals surface area contributed by atoms with E-state index in [9.17, 15) is 8.42 Å². The number of benzene rings is 1. The summed E-state index contributed by atoms with van der Waals surface area (Å²) < 4.78 is 25.7. The van der Waals surface area contributed by atoms with Crippen LogP contribution in [0.3, 0.4) is 0 Å². The first-order valence-corrected chi connectivity index (χ1v) is 9.83. The van der Waals surface area contributed by atoms with Crippen molar-refractivity contribution < 1.29 is 8.42 Å². The molecule has 0 aliphatic rings. The van der Waals surface area contributed by atoms with Crippen molar-refractivity contribution in [1.82, 2.24) is 18.9 Å². The standard InChI is InChI=1S/C20H14N4O2S/c25-27(26,14-5-2-1-3-6-14)24-13-18(15-8-10-21-12-19(15)24)17-11-23-20-16(17)7-4-9-22-20/h1-13H,(H,22,23)/p+1. The van der Waals surface area contributed by atoms with Crippen molar-refractivity contribution in [3.8, 4) is 11.1 Å². The van der Waals surface area contributed by atoms with Crippen molar-refractivity contribution in [2.24, 2.45) is 0 Å². The number of aromatic nitrogens is 4. The fourth-order valence-electron chi connectivity index (χ4n) is 3.36. The number of pyridine rings is 2. The number of rotatable bonds is 3. The van der Waals surface area contributed by atoms with Gasteiger partial charge >= 0.3 is 10.0 Å². The highest BCUT2D eigenvalue weighted by Crippen LogP contribution is 2.35. The van der Waals surface area contributed by atoms with Gasteiger partial charge in [-0.15, -0.1) is 0 Å². The first-order valence-electron chi connectivity index (χ1n) is 8.36. The van der Waals surface area contributed by atoms with Gasteiger partial charge in [0.15, 0.2) is 0 Å². The molecular formula is C20H15N4O2S+. The minimum Gasteiger partial charge on any atom is -0.346 e. The SMILES string of the molecule is O=S(=[OH+])(c1ccccc1)n1cc(-c2c[nH]c3ncccc23)c2ccncc21. The van der Waals surface area contributed by atoms with Gasteiger partial charge in [-0.3, -0.25) is 4.98 Å². The Balaban J connectivity index is 1.82. The third-order valence-electron chi connectivity index (χ3n) is 4.63. The average molecular weight is 375 g/mol. The zero-order valence-electron chi connectivity index (χ0n) is 14.1. The second-order valence-corrected chi connectivity index (χ2v) is 8.03. The molecule has 4 aromatic heterocycles. The molecule has 0 saturated carbocycles. The molecule has 2 N–H and O–H groups in total. The highest BCUT2D eigenvalue weighted by molar-refractivity contribution is 7.90. The van der Waals surface area contributed by atoms with Crippen LogP contribution in [0.5, 0.6) is 0 Å². The average Bonchev–Trinajstić information content (AvgIpc) is 3.30. The number of fused-ring (bicyclic) bond motifs is 2. The fourth-order valence-corrected chi connectivity index (χ4v) is 4.75. The first-order chi connectivity index (χ1) is 13.2. The van der Waals surface area contributed by atoms with E-state index in [1.54, 1.807) is 49.1 Å². The summed E-state index contributed by atoms with van der Waals surface area (Å²) in [5, 5.41) is 1.81. The summed E-state index contributed by atoms with van der Waals surface area (Å²) >= 11 is 0. The number of nitrogens with one attached hydrogen (secondary N) is 1. The number of hydrogen-bond donors (Lipinski definition) is 1. The normalized spacial score (nSPS) is 13.8. The molecular weight excluding hydrogens is 360 g/mol. The van der Waals surface area contributed by atoms with E-state index in [4.69, 9.17) is 0 Å². The van der Waals surface area contributed by atoms with Crippen molar-refractivity contribution in [2.45, 2.75) is 4.90 Å². The van der Waals surface area contributed by atoms with E-state index >= 15 is 0 Å². The van der Waals surface area contributed by atoms with Gasteiger partial charge in [0.05, 0.1) is 11.7 Å². The van der Waals surface area contributed by atoms with E-state index in [1.807, 2.05) is 30.5 Å².